The molecule has 0 saturated carbocycles. The zero-order valence-corrected chi connectivity index (χ0v) is 22.5. The highest BCUT2D eigenvalue weighted by Gasteiger charge is 2.30. The minimum absolute atomic E-state index is 0.0493. The Labute approximate surface area is 227 Å². The first-order valence-corrected chi connectivity index (χ1v) is 12.6. The molecule has 0 radical (unpaired) electrons. The zero-order valence-electron chi connectivity index (χ0n) is 22.5. The van der Waals surface area contributed by atoms with E-state index in [1.54, 1.807) is 20.8 Å². The van der Waals surface area contributed by atoms with E-state index in [-0.39, 0.29) is 13.0 Å². The maximum Gasteiger partial charge on any atom is 0.419 e. The van der Waals surface area contributed by atoms with Gasteiger partial charge in [0, 0.05) is 11.8 Å². The third-order valence-corrected chi connectivity index (χ3v) is 6.00. The standard InChI is InChI=1S/C31H32N2O6/c1-31(2,3)39-30(36)33-26-18-12-11-17-23(26)24(27(33)22-15-9-6-10-16-22)19-25(28(34)37-4)32-29(35)38-20-21-13-7-5-8-14-21/h5-18,25H,19-20H2,1-4H3,(H,32,35)/t25-/m0/s1. The molecule has 0 bridgehead atoms. The molecule has 1 amide bonds. The fraction of sp³-hybridized carbons (Fsp3) is 0.258. The summed E-state index contributed by atoms with van der Waals surface area (Å²) in [5.74, 6) is -0.639. The Balaban J connectivity index is 1.75. The van der Waals surface area contributed by atoms with Crippen molar-refractivity contribution in [2.45, 2.75) is 45.4 Å². The summed E-state index contributed by atoms with van der Waals surface area (Å²) >= 11 is 0. The number of hydrogen-bond donors (Lipinski definition) is 1. The number of aromatic nitrogens is 1. The molecule has 39 heavy (non-hydrogen) atoms. The van der Waals surface area contributed by atoms with E-state index in [0.29, 0.717) is 16.8 Å². The summed E-state index contributed by atoms with van der Waals surface area (Å²) in [5.41, 5.74) is 2.71. The molecule has 0 aliphatic rings. The van der Waals surface area contributed by atoms with Gasteiger partial charge in [-0.1, -0.05) is 78.9 Å². The molecular formula is C31H32N2O6. The first-order valence-electron chi connectivity index (χ1n) is 12.6. The smallest absolute Gasteiger partial charge is 0.419 e. The summed E-state index contributed by atoms with van der Waals surface area (Å²) in [4.78, 5) is 39.1. The number of carbonyl (C=O) groups is 3. The van der Waals surface area contributed by atoms with Gasteiger partial charge in [-0.15, -0.1) is 0 Å². The third kappa shape index (κ3) is 6.65. The normalized spacial score (nSPS) is 12.0. The molecule has 1 N–H and O–H groups in total. The van der Waals surface area contributed by atoms with Crippen LogP contribution in [0, 0.1) is 0 Å². The Morgan fingerprint density at radius 1 is 0.872 bits per heavy atom. The highest BCUT2D eigenvalue weighted by atomic mass is 16.6. The van der Waals surface area contributed by atoms with Crippen LogP contribution in [0.5, 0.6) is 0 Å². The topological polar surface area (TPSA) is 95.9 Å². The number of nitrogens with one attached hydrogen (secondary N) is 1. The number of para-hydroxylation sites is 1. The lowest BCUT2D eigenvalue weighted by Crippen LogP contribution is -2.43. The molecule has 4 aromatic rings. The number of hydrogen-bond acceptors (Lipinski definition) is 6. The second-order valence-electron chi connectivity index (χ2n) is 10.0. The van der Waals surface area contributed by atoms with E-state index >= 15 is 0 Å². The second kappa shape index (κ2) is 11.9. The van der Waals surface area contributed by atoms with Crippen molar-refractivity contribution in [2.24, 2.45) is 0 Å². The molecule has 0 spiro atoms. The molecule has 0 fully saturated rings. The van der Waals surface area contributed by atoms with E-state index in [1.165, 1.54) is 11.7 Å². The van der Waals surface area contributed by atoms with E-state index < -0.39 is 29.8 Å². The van der Waals surface area contributed by atoms with Gasteiger partial charge in [0.25, 0.3) is 0 Å². The molecule has 202 valence electrons. The van der Waals surface area contributed by atoms with Crippen molar-refractivity contribution >= 4 is 29.1 Å². The minimum atomic E-state index is -1.07. The molecule has 0 saturated heterocycles. The summed E-state index contributed by atoms with van der Waals surface area (Å²) in [6.07, 6.45) is -1.26. The Morgan fingerprint density at radius 3 is 2.13 bits per heavy atom. The van der Waals surface area contributed by atoms with Gasteiger partial charge in [-0.05, 0) is 43.5 Å². The van der Waals surface area contributed by atoms with E-state index in [4.69, 9.17) is 14.2 Å². The van der Waals surface area contributed by atoms with Crippen LogP contribution < -0.4 is 5.32 Å². The summed E-state index contributed by atoms with van der Waals surface area (Å²) in [5, 5.41) is 3.39. The van der Waals surface area contributed by atoms with Gasteiger partial charge in [-0.2, -0.15) is 0 Å². The minimum Gasteiger partial charge on any atom is -0.467 e. The lowest BCUT2D eigenvalue weighted by Gasteiger charge is -2.21. The largest absolute Gasteiger partial charge is 0.467 e. The van der Waals surface area contributed by atoms with Crippen molar-refractivity contribution in [1.29, 1.82) is 0 Å². The number of rotatable bonds is 7. The van der Waals surface area contributed by atoms with Gasteiger partial charge in [0.15, 0.2) is 0 Å². The Bertz CT molecular complexity index is 1460. The van der Waals surface area contributed by atoms with E-state index in [9.17, 15) is 14.4 Å². The molecule has 0 aliphatic carbocycles. The van der Waals surface area contributed by atoms with Crippen molar-refractivity contribution in [3.05, 3.63) is 96.1 Å². The lowest BCUT2D eigenvalue weighted by atomic mass is 9.98. The molecule has 1 heterocycles. The number of fused-ring (bicyclic) bond motifs is 1. The summed E-state index contributed by atoms with van der Waals surface area (Å²) < 4.78 is 17.7. The van der Waals surface area contributed by atoms with Crippen molar-refractivity contribution in [3.63, 3.8) is 0 Å². The summed E-state index contributed by atoms with van der Waals surface area (Å²) in [7, 11) is 1.26. The number of alkyl carbamates (subject to hydrolysis) is 1. The molecule has 8 heteroatoms. The molecule has 8 nitrogen and oxygen atoms in total. The predicted molar refractivity (Wildman–Crippen MR) is 148 cm³/mol. The van der Waals surface area contributed by atoms with Crippen LogP contribution in [0.15, 0.2) is 84.9 Å². The van der Waals surface area contributed by atoms with E-state index in [0.717, 1.165) is 16.5 Å². The maximum atomic E-state index is 13.5. The van der Waals surface area contributed by atoms with Crippen LogP contribution in [0.25, 0.3) is 22.2 Å². The first-order chi connectivity index (χ1) is 18.7. The monoisotopic (exact) mass is 528 g/mol. The number of ether oxygens (including phenoxy) is 3. The molecule has 4 rings (SSSR count). The van der Waals surface area contributed by atoms with Gasteiger partial charge in [-0.25, -0.2) is 19.0 Å². The SMILES string of the molecule is COC(=O)[C@H](Cc1c(-c2ccccc2)n(C(=O)OC(C)(C)C)c2ccccc12)NC(=O)OCc1ccccc1. The predicted octanol–water partition coefficient (Wildman–Crippen LogP) is 6.10. The maximum absolute atomic E-state index is 13.5. The number of benzene rings is 3. The number of nitrogens with zero attached hydrogens (tertiary/aromatic N) is 1. The van der Waals surface area contributed by atoms with Gasteiger partial charge >= 0.3 is 18.2 Å². The Morgan fingerprint density at radius 2 is 1.49 bits per heavy atom. The zero-order chi connectivity index (χ0) is 28.0. The van der Waals surface area contributed by atoms with Crippen molar-refractivity contribution in [3.8, 4) is 11.3 Å². The van der Waals surface area contributed by atoms with Crippen LogP contribution in [0.2, 0.25) is 0 Å². The van der Waals surface area contributed by atoms with Crippen molar-refractivity contribution in [2.75, 3.05) is 7.11 Å². The van der Waals surface area contributed by atoms with E-state index in [2.05, 4.69) is 5.32 Å². The molecule has 0 aliphatic heterocycles. The number of amides is 1. The summed E-state index contributed by atoms with van der Waals surface area (Å²) in [6, 6.07) is 24.9. The first kappa shape index (κ1) is 27.4. The van der Waals surface area contributed by atoms with Gasteiger partial charge in [-0.3, -0.25) is 0 Å². The Hall–Kier alpha value is -4.59. The average Bonchev–Trinajstić information content (AvgIpc) is 3.25. The van der Waals surface area contributed by atoms with Crippen LogP contribution in [0.4, 0.5) is 9.59 Å². The van der Waals surface area contributed by atoms with Crippen LogP contribution >= 0.6 is 0 Å². The quantitative estimate of drug-likeness (QED) is 0.230. The average molecular weight is 529 g/mol. The third-order valence-electron chi connectivity index (χ3n) is 6.00. The fourth-order valence-corrected chi connectivity index (χ4v) is 4.36. The molecule has 1 atom stereocenters. The lowest BCUT2D eigenvalue weighted by molar-refractivity contribution is -0.142. The molecular weight excluding hydrogens is 496 g/mol. The highest BCUT2D eigenvalue weighted by molar-refractivity contribution is 6.00. The molecule has 1 aromatic heterocycles. The van der Waals surface area contributed by atoms with Crippen molar-refractivity contribution < 1.29 is 28.6 Å². The molecule has 0 unspecified atom stereocenters. The van der Waals surface area contributed by atoms with E-state index in [1.807, 2.05) is 84.9 Å². The van der Waals surface area contributed by atoms with Crippen LogP contribution in [0.3, 0.4) is 0 Å². The summed E-state index contributed by atoms with van der Waals surface area (Å²) in [6.45, 7) is 5.46. The fourth-order valence-electron chi connectivity index (χ4n) is 4.36. The number of carbonyl (C=O) groups excluding carboxylic acids is 3. The van der Waals surface area contributed by atoms with Gasteiger partial charge < -0.3 is 19.5 Å². The van der Waals surface area contributed by atoms with Gasteiger partial charge in [0.05, 0.1) is 18.3 Å². The van der Waals surface area contributed by atoms with Crippen LogP contribution in [0.1, 0.15) is 31.9 Å². The Kier molecular flexibility index (Phi) is 8.34. The molecule has 3 aromatic carbocycles. The number of methoxy groups -OCH3 is 1. The van der Waals surface area contributed by atoms with Gasteiger partial charge in [0.1, 0.15) is 18.2 Å². The van der Waals surface area contributed by atoms with Gasteiger partial charge in [0.2, 0.25) is 0 Å². The van der Waals surface area contributed by atoms with Crippen molar-refractivity contribution in [1.82, 2.24) is 9.88 Å². The highest BCUT2D eigenvalue weighted by Crippen LogP contribution is 2.35. The second-order valence-corrected chi connectivity index (χ2v) is 10.0. The van der Waals surface area contributed by atoms with Crippen LogP contribution in [-0.2, 0) is 32.0 Å². The number of esters is 1. The van der Waals surface area contributed by atoms with Crippen LogP contribution in [-0.4, -0.2) is 41.5 Å².